The molecule has 1 unspecified atom stereocenters. The second-order valence-corrected chi connectivity index (χ2v) is 9.16. The second-order valence-electron chi connectivity index (χ2n) is 7.22. The Labute approximate surface area is 167 Å². The van der Waals surface area contributed by atoms with E-state index in [2.05, 4.69) is 24.4 Å². The molecule has 0 radical (unpaired) electrons. The van der Waals surface area contributed by atoms with Gasteiger partial charge in [0.2, 0.25) is 10.0 Å². The van der Waals surface area contributed by atoms with Crippen LogP contribution in [0.2, 0.25) is 0 Å². The maximum Gasteiger partial charge on any atom is 0.251 e. The third kappa shape index (κ3) is 4.80. The molecular formula is C22H28N2O3S. The van der Waals surface area contributed by atoms with Crippen molar-refractivity contribution in [1.82, 2.24) is 9.62 Å². The van der Waals surface area contributed by atoms with Crippen LogP contribution in [0.15, 0.2) is 59.5 Å². The molecular weight excluding hydrogens is 372 g/mol. The summed E-state index contributed by atoms with van der Waals surface area (Å²) in [5, 5.41) is 2.96. The van der Waals surface area contributed by atoms with Crippen molar-refractivity contribution < 1.29 is 13.2 Å². The van der Waals surface area contributed by atoms with Crippen LogP contribution in [-0.4, -0.2) is 38.3 Å². The first-order chi connectivity index (χ1) is 13.5. The van der Waals surface area contributed by atoms with Crippen LogP contribution in [0.4, 0.5) is 0 Å². The fraction of sp³-hybridized carbons (Fsp3) is 0.409. The van der Waals surface area contributed by atoms with Gasteiger partial charge in [0, 0.05) is 31.1 Å². The van der Waals surface area contributed by atoms with E-state index in [-0.39, 0.29) is 16.7 Å². The molecule has 1 aliphatic rings. The number of nitrogens with one attached hydrogen (secondary N) is 1. The Morgan fingerprint density at radius 3 is 2.43 bits per heavy atom. The van der Waals surface area contributed by atoms with Gasteiger partial charge in [-0.3, -0.25) is 4.79 Å². The predicted octanol–water partition coefficient (Wildman–Crippen LogP) is 3.78. The van der Waals surface area contributed by atoms with Crippen molar-refractivity contribution >= 4 is 15.9 Å². The van der Waals surface area contributed by atoms with Crippen LogP contribution in [0.25, 0.3) is 0 Å². The highest BCUT2D eigenvalue weighted by Crippen LogP contribution is 2.22. The lowest BCUT2D eigenvalue weighted by molar-refractivity contribution is 0.0950. The summed E-state index contributed by atoms with van der Waals surface area (Å²) in [4.78, 5) is 12.8. The monoisotopic (exact) mass is 400 g/mol. The zero-order chi connectivity index (χ0) is 20.0. The minimum Gasteiger partial charge on any atom is -0.351 e. The van der Waals surface area contributed by atoms with E-state index in [0.717, 1.165) is 25.7 Å². The van der Waals surface area contributed by atoms with E-state index in [1.807, 2.05) is 18.2 Å². The Balaban J connectivity index is 1.70. The number of benzene rings is 2. The fourth-order valence-electron chi connectivity index (χ4n) is 3.59. The maximum absolute atomic E-state index is 12.9. The summed E-state index contributed by atoms with van der Waals surface area (Å²) in [6.45, 7) is 3.71. The first-order valence-electron chi connectivity index (χ1n) is 9.95. The zero-order valence-electron chi connectivity index (χ0n) is 16.3. The van der Waals surface area contributed by atoms with E-state index in [4.69, 9.17) is 0 Å². The van der Waals surface area contributed by atoms with Gasteiger partial charge in [-0.05, 0) is 43.0 Å². The molecule has 5 nitrogen and oxygen atoms in total. The molecule has 28 heavy (non-hydrogen) atoms. The van der Waals surface area contributed by atoms with Gasteiger partial charge in [0.05, 0.1) is 4.90 Å². The summed E-state index contributed by atoms with van der Waals surface area (Å²) in [7, 11) is -3.54. The lowest BCUT2D eigenvalue weighted by Gasteiger charge is -2.26. The summed E-state index contributed by atoms with van der Waals surface area (Å²) in [6.07, 6.45) is 3.75. The van der Waals surface area contributed by atoms with Crippen LogP contribution >= 0.6 is 0 Å². The molecule has 0 spiro atoms. The van der Waals surface area contributed by atoms with Crippen LogP contribution in [0.5, 0.6) is 0 Å². The lowest BCUT2D eigenvalue weighted by Crippen LogP contribution is -2.35. The zero-order valence-corrected chi connectivity index (χ0v) is 17.1. The standard InChI is InChI=1S/C22H28N2O3S/c1-2-18(19-10-5-3-6-11-19)17-23-22(25)20-12-9-13-21(16-20)28(26,27)24-14-7-4-8-15-24/h3,5-6,9-13,16,18H,2,4,7-8,14-15,17H2,1H3,(H,23,25). The number of carbonyl (C=O) groups is 1. The van der Waals surface area contributed by atoms with Gasteiger partial charge in [0.15, 0.2) is 0 Å². The van der Waals surface area contributed by atoms with Crippen LogP contribution in [-0.2, 0) is 10.0 Å². The van der Waals surface area contributed by atoms with Crippen LogP contribution in [0.1, 0.15) is 54.4 Å². The highest BCUT2D eigenvalue weighted by atomic mass is 32.2. The number of amides is 1. The van der Waals surface area contributed by atoms with Gasteiger partial charge < -0.3 is 5.32 Å². The second kappa shape index (κ2) is 9.34. The van der Waals surface area contributed by atoms with Crippen molar-refractivity contribution in [3.63, 3.8) is 0 Å². The van der Waals surface area contributed by atoms with E-state index >= 15 is 0 Å². The molecule has 1 saturated heterocycles. The smallest absolute Gasteiger partial charge is 0.251 e. The molecule has 0 bridgehead atoms. The lowest BCUT2D eigenvalue weighted by atomic mass is 9.96. The molecule has 150 valence electrons. The average molecular weight is 401 g/mol. The molecule has 1 N–H and O–H groups in total. The van der Waals surface area contributed by atoms with E-state index in [1.165, 1.54) is 15.9 Å². The molecule has 1 amide bonds. The molecule has 6 heteroatoms. The van der Waals surface area contributed by atoms with E-state index in [1.54, 1.807) is 18.2 Å². The molecule has 1 heterocycles. The Hall–Kier alpha value is -2.18. The molecule has 2 aromatic rings. The van der Waals surface area contributed by atoms with Crippen LogP contribution < -0.4 is 5.32 Å². The van der Waals surface area contributed by atoms with E-state index in [9.17, 15) is 13.2 Å². The van der Waals surface area contributed by atoms with Crippen molar-refractivity contribution in [2.75, 3.05) is 19.6 Å². The molecule has 1 aliphatic heterocycles. The van der Waals surface area contributed by atoms with Gasteiger partial charge in [0.1, 0.15) is 0 Å². The maximum atomic E-state index is 12.9. The number of hydrogen-bond acceptors (Lipinski definition) is 3. The first kappa shape index (κ1) is 20.6. The normalized spacial score (nSPS) is 16.5. The third-order valence-corrected chi connectivity index (χ3v) is 7.22. The summed E-state index contributed by atoms with van der Waals surface area (Å²) >= 11 is 0. The van der Waals surface area contributed by atoms with Gasteiger partial charge in [-0.1, -0.05) is 49.7 Å². The van der Waals surface area contributed by atoms with Gasteiger partial charge in [-0.25, -0.2) is 8.42 Å². The quantitative estimate of drug-likeness (QED) is 0.769. The van der Waals surface area contributed by atoms with Crippen molar-refractivity contribution in [1.29, 1.82) is 0 Å². The molecule has 3 rings (SSSR count). The van der Waals surface area contributed by atoms with Gasteiger partial charge in [0.25, 0.3) is 5.91 Å². The number of hydrogen-bond donors (Lipinski definition) is 1. The minimum absolute atomic E-state index is 0.192. The molecule has 0 aliphatic carbocycles. The van der Waals surface area contributed by atoms with Gasteiger partial charge >= 0.3 is 0 Å². The van der Waals surface area contributed by atoms with Crippen molar-refractivity contribution in [3.8, 4) is 0 Å². The molecule has 2 aromatic carbocycles. The number of nitrogens with zero attached hydrogens (tertiary/aromatic N) is 1. The number of piperidine rings is 1. The van der Waals surface area contributed by atoms with E-state index in [0.29, 0.717) is 25.2 Å². The van der Waals surface area contributed by atoms with Gasteiger partial charge in [-0.15, -0.1) is 0 Å². The van der Waals surface area contributed by atoms with Crippen molar-refractivity contribution in [2.24, 2.45) is 0 Å². The number of sulfonamides is 1. The first-order valence-corrected chi connectivity index (χ1v) is 11.4. The Morgan fingerprint density at radius 1 is 1.04 bits per heavy atom. The van der Waals surface area contributed by atoms with Crippen molar-refractivity contribution in [2.45, 2.75) is 43.4 Å². The molecule has 0 saturated carbocycles. The molecule has 0 aromatic heterocycles. The minimum atomic E-state index is -3.54. The Morgan fingerprint density at radius 2 is 1.75 bits per heavy atom. The molecule has 1 fully saturated rings. The topological polar surface area (TPSA) is 66.5 Å². The third-order valence-electron chi connectivity index (χ3n) is 5.32. The summed E-state index contributed by atoms with van der Waals surface area (Å²) in [5.41, 5.74) is 1.56. The molecule has 1 atom stereocenters. The summed E-state index contributed by atoms with van der Waals surface area (Å²) in [6, 6.07) is 16.4. The van der Waals surface area contributed by atoms with Crippen LogP contribution in [0.3, 0.4) is 0 Å². The highest BCUT2D eigenvalue weighted by molar-refractivity contribution is 7.89. The largest absolute Gasteiger partial charge is 0.351 e. The summed E-state index contributed by atoms with van der Waals surface area (Å²) in [5.74, 6) is -0.0181. The summed E-state index contributed by atoms with van der Waals surface area (Å²) < 4.78 is 27.2. The Kier molecular flexibility index (Phi) is 6.86. The average Bonchev–Trinajstić information content (AvgIpc) is 2.75. The number of rotatable bonds is 7. The van der Waals surface area contributed by atoms with Crippen LogP contribution in [0, 0.1) is 0 Å². The fourth-order valence-corrected chi connectivity index (χ4v) is 5.16. The SMILES string of the molecule is CCC(CNC(=O)c1cccc(S(=O)(=O)N2CCCCC2)c1)c1ccccc1. The van der Waals surface area contributed by atoms with E-state index < -0.39 is 10.0 Å². The van der Waals surface area contributed by atoms with Crippen molar-refractivity contribution in [3.05, 3.63) is 65.7 Å². The van der Waals surface area contributed by atoms with Gasteiger partial charge in [-0.2, -0.15) is 4.31 Å². The number of carbonyl (C=O) groups excluding carboxylic acids is 1. The predicted molar refractivity (Wildman–Crippen MR) is 111 cm³/mol. The highest BCUT2D eigenvalue weighted by Gasteiger charge is 2.26. The Bertz CT molecular complexity index is 891.